The van der Waals surface area contributed by atoms with Crippen LogP contribution in [0, 0.1) is 0 Å². The van der Waals surface area contributed by atoms with Crippen molar-refractivity contribution >= 4 is 29.2 Å². The molecule has 0 amide bonds. The molecule has 0 saturated heterocycles. The van der Waals surface area contributed by atoms with Gasteiger partial charge in [-0.2, -0.15) is 0 Å². The minimum Gasteiger partial charge on any atom is -0.424 e. The molecule has 0 aliphatic heterocycles. The molecule has 4 heteroatoms. The lowest BCUT2D eigenvalue weighted by Crippen LogP contribution is -2.16. The lowest BCUT2D eigenvalue weighted by molar-refractivity contribution is -0.132. The maximum atomic E-state index is 11.3. The highest BCUT2D eigenvalue weighted by molar-refractivity contribution is 6.53. The summed E-state index contributed by atoms with van der Waals surface area (Å²) in [4.78, 5) is 10.1. The van der Waals surface area contributed by atoms with Crippen LogP contribution in [0.15, 0.2) is 24.3 Å². The lowest BCUT2D eigenvalue weighted by Gasteiger charge is -2.14. The first kappa shape index (κ1) is 13.3. The second-order valence-electron chi connectivity index (χ2n) is 3.57. The number of ether oxygens (including phenoxy) is 1. The van der Waals surface area contributed by atoms with Gasteiger partial charge in [0.25, 0.3) is 0 Å². The third-order valence-electron chi connectivity index (χ3n) is 2.45. The molecule has 0 spiro atoms. The Bertz CT molecular complexity index is 364. The molecule has 0 N–H and O–H groups in total. The fourth-order valence-corrected chi connectivity index (χ4v) is 1.44. The molecule has 0 heterocycles. The fourth-order valence-electron chi connectivity index (χ4n) is 1.35. The highest BCUT2D eigenvalue weighted by Crippen LogP contribution is 2.28. The minimum absolute atomic E-state index is 0.327. The molecule has 0 bridgehead atoms. The number of hydrogen-bond acceptors (Lipinski definition) is 2. The number of hydrogen-bond donors (Lipinski definition) is 0. The van der Waals surface area contributed by atoms with Crippen LogP contribution in [0.4, 0.5) is 0 Å². The third kappa shape index (κ3) is 3.39. The Morgan fingerprint density at radius 3 is 2.56 bits per heavy atom. The SMILES string of the molecule is CCC(C)c1ccccc1OC(=O)C(Cl)Cl. The van der Waals surface area contributed by atoms with Crippen LogP contribution >= 0.6 is 23.2 Å². The number of alkyl halides is 2. The van der Waals surface area contributed by atoms with Gasteiger partial charge in [0.15, 0.2) is 0 Å². The van der Waals surface area contributed by atoms with Gasteiger partial charge in [0.05, 0.1) is 0 Å². The lowest BCUT2D eigenvalue weighted by atomic mass is 9.98. The Hall–Kier alpha value is -0.730. The first-order valence-corrected chi connectivity index (χ1v) is 6.02. The zero-order valence-electron chi connectivity index (χ0n) is 9.24. The monoisotopic (exact) mass is 260 g/mol. The number of carbonyl (C=O) groups excluding carboxylic acids is 1. The smallest absolute Gasteiger partial charge is 0.344 e. The molecule has 2 nitrogen and oxygen atoms in total. The number of carbonyl (C=O) groups is 1. The van der Waals surface area contributed by atoms with E-state index < -0.39 is 10.8 Å². The first-order valence-electron chi connectivity index (χ1n) is 5.15. The first-order chi connectivity index (χ1) is 7.56. The van der Waals surface area contributed by atoms with Crippen LogP contribution in [0.1, 0.15) is 31.7 Å². The summed E-state index contributed by atoms with van der Waals surface area (Å²) in [5.41, 5.74) is 0.993. The van der Waals surface area contributed by atoms with Crippen molar-refractivity contribution in [2.45, 2.75) is 31.0 Å². The highest BCUT2D eigenvalue weighted by Gasteiger charge is 2.17. The summed E-state index contributed by atoms with van der Waals surface area (Å²) < 4.78 is 5.13. The molecule has 0 aromatic heterocycles. The molecule has 0 radical (unpaired) electrons. The molecule has 0 aliphatic carbocycles. The third-order valence-corrected chi connectivity index (χ3v) is 2.81. The van der Waals surface area contributed by atoms with Crippen molar-refractivity contribution < 1.29 is 9.53 Å². The minimum atomic E-state index is -1.15. The molecule has 88 valence electrons. The zero-order chi connectivity index (χ0) is 12.1. The summed E-state index contributed by atoms with van der Waals surface area (Å²) in [7, 11) is 0. The van der Waals surface area contributed by atoms with Crippen molar-refractivity contribution in [1.82, 2.24) is 0 Å². The van der Waals surface area contributed by atoms with Gasteiger partial charge < -0.3 is 4.74 Å². The molecule has 1 unspecified atom stereocenters. The summed E-state index contributed by atoms with van der Waals surface area (Å²) in [6.07, 6.45) is 0.972. The van der Waals surface area contributed by atoms with E-state index in [4.69, 9.17) is 27.9 Å². The van der Waals surface area contributed by atoms with Gasteiger partial charge in [0.2, 0.25) is 4.84 Å². The number of esters is 1. The van der Waals surface area contributed by atoms with E-state index in [1.807, 2.05) is 18.2 Å². The number of halogens is 2. The largest absolute Gasteiger partial charge is 0.424 e. The quantitative estimate of drug-likeness (QED) is 0.466. The van der Waals surface area contributed by atoms with Crippen LogP contribution < -0.4 is 4.74 Å². The van der Waals surface area contributed by atoms with E-state index in [-0.39, 0.29) is 0 Å². The van der Waals surface area contributed by atoms with Crippen LogP contribution in [0.3, 0.4) is 0 Å². The maximum absolute atomic E-state index is 11.3. The van der Waals surface area contributed by atoms with Crippen molar-refractivity contribution in [2.75, 3.05) is 0 Å². The van der Waals surface area contributed by atoms with E-state index >= 15 is 0 Å². The molecule has 1 rings (SSSR count). The Balaban J connectivity index is 2.91. The predicted octanol–water partition coefficient (Wildman–Crippen LogP) is 3.91. The molecule has 0 saturated carbocycles. The Kier molecular flexibility index (Phi) is 5.10. The van der Waals surface area contributed by atoms with E-state index in [0.717, 1.165) is 12.0 Å². The summed E-state index contributed by atoms with van der Waals surface area (Å²) in [5.74, 6) is 0.223. The second kappa shape index (κ2) is 6.12. The average molecular weight is 261 g/mol. The molecule has 0 aliphatic rings. The number of benzene rings is 1. The van der Waals surface area contributed by atoms with Crippen LogP contribution in [0.25, 0.3) is 0 Å². The fraction of sp³-hybridized carbons (Fsp3) is 0.417. The average Bonchev–Trinajstić information content (AvgIpc) is 2.28. The standard InChI is InChI=1S/C12H14Cl2O2/c1-3-8(2)9-6-4-5-7-10(9)16-12(15)11(13)14/h4-8,11H,3H2,1-2H3. The van der Waals surface area contributed by atoms with Crippen molar-refractivity contribution in [1.29, 1.82) is 0 Å². The van der Waals surface area contributed by atoms with Crippen molar-refractivity contribution in [3.8, 4) is 5.75 Å². The maximum Gasteiger partial charge on any atom is 0.344 e. The second-order valence-corrected chi connectivity index (χ2v) is 4.67. The Labute approximate surface area is 106 Å². The van der Waals surface area contributed by atoms with Crippen LogP contribution in [-0.4, -0.2) is 10.8 Å². The van der Waals surface area contributed by atoms with Crippen LogP contribution in [0.2, 0.25) is 0 Å². The highest BCUT2D eigenvalue weighted by atomic mass is 35.5. The van der Waals surface area contributed by atoms with Crippen LogP contribution in [0.5, 0.6) is 5.75 Å². The van der Waals surface area contributed by atoms with E-state index in [1.54, 1.807) is 6.07 Å². The van der Waals surface area contributed by atoms with Gasteiger partial charge in [-0.25, -0.2) is 4.79 Å². The summed E-state index contributed by atoms with van der Waals surface area (Å²) in [5, 5.41) is 0. The van der Waals surface area contributed by atoms with Gasteiger partial charge in [-0.1, -0.05) is 55.2 Å². The van der Waals surface area contributed by atoms with Gasteiger partial charge in [-0.05, 0) is 24.0 Å². The molecular weight excluding hydrogens is 247 g/mol. The number of rotatable bonds is 4. The van der Waals surface area contributed by atoms with Gasteiger partial charge in [0, 0.05) is 0 Å². The van der Waals surface area contributed by atoms with Crippen molar-refractivity contribution in [3.63, 3.8) is 0 Å². The molecule has 0 fully saturated rings. The van der Waals surface area contributed by atoms with Crippen molar-refractivity contribution in [2.24, 2.45) is 0 Å². The van der Waals surface area contributed by atoms with E-state index in [0.29, 0.717) is 11.7 Å². The summed E-state index contributed by atoms with van der Waals surface area (Å²) >= 11 is 10.9. The van der Waals surface area contributed by atoms with Gasteiger partial charge >= 0.3 is 5.97 Å². The molecule has 16 heavy (non-hydrogen) atoms. The van der Waals surface area contributed by atoms with Crippen LogP contribution in [-0.2, 0) is 4.79 Å². The van der Waals surface area contributed by atoms with Gasteiger partial charge in [0.1, 0.15) is 5.75 Å². The summed E-state index contributed by atoms with van der Waals surface area (Å²) in [6.45, 7) is 4.15. The van der Waals surface area contributed by atoms with E-state index in [9.17, 15) is 4.79 Å². The molecular formula is C12H14Cl2O2. The molecule has 1 atom stereocenters. The normalized spacial score (nSPS) is 12.6. The topological polar surface area (TPSA) is 26.3 Å². The van der Waals surface area contributed by atoms with Gasteiger partial charge in [-0.15, -0.1) is 0 Å². The van der Waals surface area contributed by atoms with E-state index in [1.165, 1.54) is 0 Å². The predicted molar refractivity (Wildman–Crippen MR) is 66.3 cm³/mol. The molecule has 1 aromatic carbocycles. The van der Waals surface area contributed by atoms with Crippen molar-refractivity contribution in [3.05, 3.63) is 29.8 Å². The summed E-state index contributed by atoms with van der Waals surface area (Å²) in [6, 6.07) is 7.41. The zero-order valence-corrected chi connectivity index (χ0v) is 10.8. The Morgan fingerprint density at radius 1 is 1.38 bits per heavy atom. The van der Waals surface area contributed by atoms with E-state index in [2.05, 4.69) is 13.8 Å². The number of para-hydroxylation sites is 1. The Morgan fingerprint density at radius 2 is 2.00 bits per heavy atom. The van der Waals surface area contributed by atoms with Gasteiger partial charge in [-0.3, -0.25) is 0 Å². The molecule has 1 aromatic rings.